The molecule has 5 nitrogen and oxygen atoms in total. The van der Waals surface area contributed by atoms with Crippen LogP contribution in [0.1, 0.15) is 21.5 Å². The Hall–Kier alpha value is -2.56. The summed E-state index contributed by atoms with van der Waals surface area (Å²) in [5, 5.41) is 0. The molecule has 0 saturated carbocycles. The normalized spacial score (nSPS) is 10.1. The highest BCUT2D eigenvalue weighted by molar-refractivity contribution is 5.90. The number of nitrogens with zero attached hydrogens (tertiary/aromatic N) is 1. The van der Waals surface area contributed by atoms with E-state index in [0.29, 0.717) is 17.1 Å². The van der Waals surface area contributed by atoms with E-state index >= 15 is 0 Å². The second kappa shape index (κ2) is 6.06. The zero-order chi connectivity index (χ0) is 14.5. The summed E-state index contributed by atoms with van der Waals surface area (Å²) in [5.41, 5.74) is 8.40. The van der Waals surface area contributed by atoms with E-state index in [-0.39, 0.29) is 6.61 Å². The molecule has 2 aromatic rings. The van der Waals surface area contributed by atoms with Crippen LogP contribution in [0.2, 0.25) is 0 Å². The molecule has 0 spiro atoms. The number of methoxy groups -OCH3 is 1. The smallest absolute Gasteiger partial charge is 0.338 e. The van der Waals surface area contributed by atoms with Gasteiger partial charge in [0.1, 0.15) is 6.61 Å². The van der Waals surface area contributed by atoms with Gasteiger partial charge in [0.25, 0.3) is 0 Å². The third-order valence-corrected chi connectivity index (χ3v) is 2.91. The van der Waals surface area contributed by atoms with E-state index in [9.17, 15) is 4.79 Å². The Morgan fingerprint density at radius 3 is 2.85 bits per heavy atom. The Balaban J connectivity index is 2.06. The Morgan fingerprint density at radius 1 is 1.35 bits per heavy atom. The zero-order valence-electron chi connectivity index (χ0n) is 11.4. The maximum absolute atomic E-state index is 12.0. The van der Waals surface area contributed by atoms with E-state index in [2.05, 4.69) is 4.98 Å². The molecule has 2 N–H and O–H groups in total. The van der Waals surface area contributed by atoms with Crippen molar-refractivity contribution in [2.75, 3.05) is 12.8 Å². The number of ether oxygens (including phenoxy) is 2. The van der Waals surface area contributed by atoms with Crippen molar-refractivity contribution in [1.29, 1.82) is 0 Å². The van der Waals surface area contributed by atoms with Crippen molar-refractivity contribution in [3.8, 4) is 5.88 Å². The number of aryl methyl sites for hydroxylation is 1. The molecule has 1 heterocycles. The van der Waals surface area contributed by atoms with Crippen LogP contribution < -0.4 is 10.5 Å². The van der Waals surface area contributed by atoms with Gasteiger partial charge in [-0.15, -0.1) is 0 Å². The standard InChI is InChI=1S/C15H16N2O3/c1-10-8-11(5-6-13(10)16)15(18)20-9-12-4-3-7-17-14(12)19-2/h3-8H,9,16H2,1-2H3. The van der Waals surface area contributed by atoms with Gasteiger partial charge in [0, 0.05) is 11.9 Å². The van der Waals surface area contributed by atoms with E-state index in [0.717, 1.165) is 11.1 Å². The van der Waals surface area contributed by atoms with Crippen molar-refractivity contribution < 1.29 is 14.3 Å². The van der Waals surface area contributed by atoms with Crippen LogP contribution in [0.3, 0.4) is 0 Å². The van der Waals surface area contributed by atoms with Crippen molar-refractivity contribution in [1.82, 2.24) is 4.98 Å². The van der Waals surface area contributed by atoms with Gasteiger partial charge in [-0.1, -0.05) is 0 Å². The van der Waals surface area contributed by atoms with Gasteiger partial charge in [0.2, 0.25) is 5.88 Å². The number of aromatic nitrogens is 1. The summed E-state index contributed by atoms with van der Waals surface area (Å²) >= 11 is 0. The fourth-order valence-corrected chi connectivity index (χ4v) is 1.75. The lowest BCUT2D eigenvalue weighted by Crippen LogP contribution is -2.07. The summed E-state index contributed by atoms with van der Waals surface area (Å²) < 4.78 is 10.4. The van der Waals surface area contributed by atoms with Gasteiger partial charge >= 0.3 is 5.97 Å². The highest BCUT2D eigenvalue weighted by Crippen LogP contribution is 2.17. The summed E-state index contributed by atoms with van der Waals surface area (Å²) in [6.07, 6.45) is 1.62. The molecule has 0 fully saturated rings. The maximum atomic E-state index is 12.0. The number of carbonyl (C=O) groups is 1. The van der Waals surface area contributed by atoms with Crippen molar-refractivity contribution in [2.24, 2.45) is 0 Å². The number of carbonyl (C=O) groups excluding carboxylic acids is 1. The second-order valence-corrected chi connectivity index (χ2v) is 4.32. The molecule has 104 valence electrons. The highest BCUT2D eigenvalue weighted by atomic mass is 16.5. The first-order chi connectivity index (χ1) is 9.61. The van der Waals surface area contributed by atoms with E-state index in [1.807, 2.05) is 6.92 Å². The van der Waals surface area contributed by atoms with Crippen LogP contribution in [0.25, 0.3) is 0 Å². The molecular weight excluding hydrogens is 256 g/mol. The van der Waals surface area contributed by atoms with Gasteiger partial charge in [0.15, 0.2) is 0 Å². The lowest BCUT2D eigenvalue weighted by molar-refractivity contribution is 0.0469. The number of nitrogen functional groups attached to an aromatic ring is 1. The van der Waals surface area contributed by atoms with Crippen LogP contribution in [-0.4, -0.2) is 18.1 Å². The predicted octanol–water partition coefficient (Wildman–Crippen LogP) is 2.34. The number of anilines is 1. The molecule has 1 aromatic carbocycles. The molecule has 0 aliphatic carbocycles. The summed E-state index contributed by atoms with van der Waals surface area (Å²) in [6, 6.07) is 8.60. The van der Waals surface area contributed by atoms with E-state index in [1.165, 1.54) is 7.11 Å². The molecule has 0 bridgehead atoms. The lowest BCUT2D eigenvalue weighted by atomic mass is 10.1. The number of pyridine rings is 1. The molecular formula is C15H16N2O3. The van der Waals surface area contributed by atoms with Crippen molar-refractivity contribution in [3.63, 3.8) is 0 Å². The topological polar surface area (TPSA) is 74.4 Å². The van der Waals surface area contributed by atoms with Crippen molar-refractivity contribution >= 4 is 11.7 Å². The molecule has 0 atom stereocenters. The van der Waals surface area contributed by atoms with Crippen molar-refractivity contribution in [3.05, 3.63) is 53.2 Å². The van der Waals surface area contributed by atoms with Crippen LogP contribution in [0.4, 0.5) is 5.69 Å². The summed E-state index contributed by atoms with van der Waals surface area (Å²) in [5.74, 6) is 0.0489. The third-order valence-electron chi connectivity index (χ3n) is 2.91. The number of hydrogen-bond donors (Lipinski definition) is 1. The van der Waals surface area contributed by atoms with Gasteiger partial charge in [0.05, 0.1) is 18.2 Å². The molecule has 0 amide bonds. The molecule has 0 radical (unpaired) electrons. The third kappa shape index (κ3) is 3.06. The van der Waals surface area contributed by atoms with Crippen LogP contribution in [0.15, 0.2) is 36.5 Å². The van der Waals surface area contributed by atoms with Crippen LogP contribution in [-0.2, 0) is 11.3 Å². The molecule has 0 unspecified atom stereocenters. The number of nitrogens with two attached hydrogens (primary N) is 1. The first kappa shape index (κ1) is 13.9. The van der Waals surface area contributed by atoms with E-state index < -0.39 is 5.97 Å². The maximum Gasteiger partial charge on any atom is 0.338 e. The first-order valence-electron chi connectivity index (χ1n) is 6.13. The molecule has 2 rings (SSSR count). The average molecular weight is 272 g/mol. The lowest BCUT2D eigenvalue weighted by Gasteiger charge is -2.09. The second-order valence-electron chi connectivity index (χ2n) is 4.32. The summed E-state index contributed by atoms with van der Waals surface area (Å²) in [6.45, 7) is 1.95. The van der Waals surface area contributed by atoms with Gasteiger partial charge in [-0.05, 0) is 42.8 Å². The van der Waals surface area contributed by atoms with Gasteiger partial charge in [-0.25, -0.2) is 9.78 Å². The molecule has 5 heteroatoms. The predicted molar refractivity (Wildman–Crippen MR) is 75.5 cm³/mol. The van der Waals surface area contributed by atoms with Gasteiger partial charge < -0.3 is 15.2 Å². The summed E-state index contributed by atoms with van der Waals surface area (Å²) in [7, 11) is 1.52. The SMILES string of the molecule is COc1ncccc1COC(=O)c1ccc(N)c(C)c1. The van der Waals surface area contributed by atoms with Crippen LogP contribution in [0.5, 0.6) is 5.88 Å². The van der Waals surface area contributed by atoms with Crippen LogP contribution in [0, 0.1) is 6.92 Å². The number of rotatable bonds is 4. The molecule has 0 aliphatic rings. The quantitative estimate of drug-likeness (QED) is 0.683. The van der Waals surface area contributed by atoms with Crippen molar-refractivity contribution in [2.45, 2.75) is 13.5 Å². The van der Waals surface area contributed by atoms with E-state index in [1.54, 1.807) is 36.5 Å². The minimum atomic E-state index is -0.404. The fraction of sp³-hybridized carbons (Fsp3) is 0.200. The Bertz CT molecular complexity index is 626. The minimum Gasteiger partial charge on any atom is -0.481 e. The first-order valence-corrected chi connectivity index (χ1v) is 6.13. The average Bonchev–Trinajstić information content (AvgIpc) is 2.47. The Kier molecular flexibility index (Phi) is 4.20. The van der Waals surface area contributed by atoms with Gasteiger partial charge in [-0.2, -0.15) is 0 Å². The zero-order valence-corrected chi connectivity index (χ0v) is 11.4. The fourth-order valence-electron chi connectivity index (χ4n) is 1.75. The molecule has 1 aromatic heterocycles. The highest BCUT2D eigenvalue weighted by Gasteiger charge is 2.10. The number of esters is 1. The Labute approximate surface area is 117 Å². The van der Waals surface area contributed by atoms with Crippen LogP contribution >= 0.6 is 0 Å². The van der Waals surface area contributed by atoms with Gasteiger partial charge in [-0.3, -0.25) is 0 Å². The minimum absolute atomic E-state index is 0.110. The molecule has 0 aliphatic heterocycles. The number of hydrogen-bond acceptors (Lipinski definition) is 5. The number of benzene rings is 1. The Morgan fingerprint density at radius 2 is 2.15 bits per heavy atom. The molecule has 20 heavy (non-hydrogen) atoms. The monoisotopic (exact) mass is 272 g/mol. The summed E-state index contributed by atoms with van der Waals surface area (Å²) in [4.78, 5) is 16.0. The largest absolute Gasteiger partial charge is 0.481 e. The molecule has 0 saturated heterocycles. The van der Waals surface area contributed by atoms with E-state index in [4.69, 9.17) is 15.2 Å².